The van der Waals surface area contributed by atoms with E-state index in [1.54, 1.807) is 18.2 Å². The summed E-state index contributed by atoms with van der Waals surface area (Å²) in [4.78, 5) is 25.3. The molecule has 7 N–H and O–H groups in total. The number of H-pyrrole nitrogens is 1. The molecule has 19 heavy (non-hydrogen) atoms. The number of aliphatic hydroxyl groups is 1. The number of hydrogen-bond acceptors (Lipinski definition) is 4. The standard InChI is InChI=1S/C12H14N4O3/c13-7-3-1-2-6-4-8(16-10(6)7)12(19)15-5-9(17)11(14)18/h1-4,9,16-17H,5,13H2,(H2,14,18)(H,15,19). The van der Waals surface area contributed by atoms with Gasteiger partial charge in [-0.3, -0.25) is 9.59 Å². The molecule has 1 aromatic carbocycles. The fraction of sp³-hybridized carbons (Fsp3) is 0.167. The van der Waals surface area contributed by atoms with Gasteiger partial charge < -0.3 is 26.9 Å². The number of para-hydroxylation sites is 1. The number of fused-ring (bicyclic) bond motifs is 1. The Morgan fingerprint density at radius 1 is 1.42 bits per heavy atom. The second-order valence-electron chi connectivity index (χ2n) is 4.12. The first-order valence-corrected chi connectivity index (χ1v) is 5.62. The van der Waals surface area contributed by atoms with Crippen LogP contribution in [0.25, 0.3) is 10.9 Å². The van der Waals surface area contributed by atoms with Gasteiger partial charge in [0, 0.05) is 5.39 Å². The van der Waals surface area contributed by atoms with Crippen LogP contribution in [0.3, 0.4) is 0 Å². The molecule has 0 fully saturated rings. The molecule has 1 aromatic heterocycles. The van der Waals surface area contributed by atoms with E-state index in [9.17, 15) is 14.7 Å². The highest BCUT2D eigenvalue weighted by atomic mass is 16.3. The van der Waals surface area contributed by atoms with Gasteiger partial charge in [0.2, 0.25) is 5.91 Å². The minimum absolute atomic E-state index is 0.237. The molecule has 1 heterocycles. The van der Waals surface area contributed by atoms with Crippen LogP contribution in [0, 0.1) is 0 Å². The van der Waals surface area contributed by atoms with Gasteiger partial charge >= 0.3 is 0 Å². The molecule has 0 aliphatic heterocycles. The molecule has 2 amide bonds. The Balaban J connectivity index is 2.14. The number of primary amides is 1. The van der Waals surface area contributed by atoms with Gasteiger partial charge in [-0.05, 0) is 12.1 Å². The van der Waals surface area contributed by atoms with Gasteiger partial charge in [0.05, 0.1) is 17.7 Å². The lowest BCUT2D eigenvalue weighted by Gasteiger charge is -2.07. The third-order valence-electron chi connectivity index (χ3n) is 2.72. The highest BCUT2D eigenvalue weighted by Crippen LogP contribution is 2.20. The number of nitrogens with one attached hydrogen (secondary N) is 2. The van der Waals surface area contributed by atoms with Crippen molar-refractivity contribution in [2.75, 3.05) is 12.3 Å². The Bertz CT molecular complexity index is 635. The summed E-state index contributed by atoms with van der Waals surface area (Å²) >= 11 is 0. The number of anilines is 1. The fourth-order valence-corrected chi connectivity index (χ4v) is 1.69. The molecule has 0 saturated carbocycles. The first-order valence-electron chi connectivity index (χ1n) is 5.62. The quantitative estimate of drug-likeness (QED) is 0.467. The topological polar surface area (TPSA) is 134 Å². The van der Waals surface area contributed by atoms with Gasteiger partial charge in [0.25, 0.3) is 5.91 Å². The number of aromatic amines is 1. The van der Waals surface area contributed by atoms with Crippen LogP contribution in [0.15, 0.2) is 24.3 Å². The zero-order valence-electron chi connectivity index (χ0n) is 10.0. The van der Waals surface area contributed by atoms with Gasteiger partial charge in [-0.25, -0.2) is 0 Å². The van der Waals surface area contributed by atoms with Crippen LogP contribution in [-0.2, 0) is 4.79 Å². The number of rotatable bonds is 4. The molecule has 7 nitrogen and oxygen atoms in total. The van der Waals surface area contributed by atoms with Crippen molar-refractivity contribution in [3.05, 3.63) is 30.0 Å². The summed E-state index contributed by atoms with van der Waals surface area (Å²) in [6.07, 6.45) is -1.40. The minimum atomic E-state index is -1.40. The number of carbonyl (C=O) groups is 2. The van der Waals surface area contributed by atoms with E-state index in [4.69, 9.17) is 11.5 Å². The predicted octanol–water partition coefficient (Wildman–Crippen LogP) is -0.674. The van der Waals surface area contributed by atoms with E-state index < -0.39 is 17.9 Å². The van der Waals surface area contributed by atoms with Crippen LogP contribution < -0.4 is 16.8 Å². The largest absolute Gasteiger partial charge is 0.397 e. The third-order valence-corrected chi connectivity index (χ3v) is 2.72. The minimum Gasteiger partial charge on any atom is -0.397 e. The van der Waals surface area contributed by atoms with Crippen molar-refractivity contribution in [1.82, 2.24) is 10.3 Å². The Kier molecular flexibility index (Phi) is 3.39. The molecule has 7 heteroatoms. The molecular formula is C12H14N4O3. The number of aromatic nitrogens is 1. The molecule has 0 spiro atoms. The highest BCUT2D eigenvalue weighted by molar-refractivity contribution is 6.01. The van der Waals surface area contributed by atoms with Crippen molar-refractivity contribution in [1.29, 1.82) is 0 Å². The normalized spacial score (nSPS) is 12.3. The summed E-state index contributed by atoms with van der Waals surface area (Å²) < 4.78 is 0. The molecule has 0 radical (unpaired) electrons. The predicted molar refractivity (Wildman–Crippen MR) is 70.2 cm³/mol. The van der Waals surface area contributed by atoms with Crippen LogP contribution in [0.2, 0.25) is 0 Å². The average molecular weight is 262 g/mol. The van der Waals surface area contributed by atoms with Gasteiger partial charge in [-0.1, -0.05) is 12.1 Å². The summed E-state index contributed by atoms with van der Waals surface area (Å²) in [6, 6.07) is 6.95. The molecule has 0 aliphatic rings. The van der Waals surface area contributed by atoms with Crippen molar-refractivity contribution < 1.29 is 14.7 Å². The average Bonchev–Trinajstić information content (AvgIpc) is 2.80. The van der Waals surface area contributed by atoms with E-state index in [0.717, 1.165) is 5.39 Å². The van der Waals surface area contributed by atoms with Crippen LogP contribution in [0.5, 0.6) is 0 Å². The van der Waals surface area contributed by atoms with E-state index >= 15 is 0 Å². The summed E-state index contributed by atoms with van der Waals surface area (Å²) in [7, 11) is 0. The molecule has 100 valence electrons. The molecular weight excluding hydrogens is 248 g/mol. The van der Waals surface area contributed by atoms with E-state index in [1.807, 2.05) is 6.07 Å². The number of nitrogen functional groups attached to an aromatic ring is 1. The maximum absolute atomic E-state index is 11.8. The first kappa shape index (κ1) is 12.9. The molecule has 0 bridgehead atoms. The highest BCUT2D eigenvalue weighted by Gasteiger charge is 2.15. The monoisotopic (exact) mass is 262 g/mol. The number of amides is 2. The Hall–Kier alpha value is -2.54. The van der Waals surface area contributed by atoms with Crippen molar-refractivity contribution in [3.8, 4) is 0 Å². The zero-order chi connectivity index (χ0) is 14.0. The molecule has 2 aromatic rings. The van der Waals surface area contributed by atoms with Gasteiger partial charge in [0.15, 0.2) is 0 Å². The summed E-state index contributed by atoms with van der Waals surface area (Å²) in [5, 5.41) is 12.4. The molecule has 1 unspecified atom stereocenters. The molecule has 0 saturated heterocycles. The van der Waals surface area contributed by atoms with Crippen molar-refractivity contribution in [2.24, 2.45) is 5.73 Å². The maximum atomic E-state index is 11.8. The van der Waals surface area contributed by atoms with E-state index in [2.05, 4.69) is 10.3 Å². The molecule has 1 atom stereocenters. The van der Waals surface area contributed by atoms with Crippen molar-refractivity contribution in [2.45, 2.75) is 6.10 Å². The van der Waals surface area contributed by atoms with E-state index in [0.29, 0.717) is 16.9 Å². The Labute approximate surface area is 108 Å². The maximum Gasteiger partial charge on any atom is 0.267 e. The van der Waals surface area contributed by atoms with Gasteiger partial charge in [-0.15, -0.1) is 0 Å². The number of hydrogen-bond donors (Lipinski definition) is 5. The summed E-state index contributed by atoms with van der Waals surface area (Å²) in [5.41, 5.74) is 12.1. The summed E-state index contributed by atoms with van der Waals surface area (Å²) in [6.45, 7) is -0.237. The fourth-order valence-electron chi connectivity index (χ4n) is 1.69. The molecule has 0 aliphatic carbocycles. The number of benzene rings is 1. The lowest BCUT2D eigenvalue weighted by atomic mass is 10.2. The van der Waals surface area contributed by atoms with E-state index in [1.165, 1.54) is 0 Å². The molecule has 2 rings (SSSR count). The van der Waals surface area contributed by atoms with Gasteiger partial charge in [-0.2, -0.15) is 0 Å². The Morgan fingerprint density at radius 2 is 2.16 bits per heavy atom. The van der Waals surface area contributed by atoms with Crippen molar-refractivity contribution in [3.63, 3.8) is 0 Å². The Morgan fingerprint density at radius 3 is 2.79 bits per heavy atom. The number of carbonyl (C=O) groups excluding carboxylic acids is 2. The zero-order valence-corrected chi connectivity index (χ0v) is 10.0. The van der Waals surface area contributed by atoms with Crippen LogP contribution in [0.1, 0.15) is 10.5 Å². The second kappa shape index (κ2) is 4.99. The van der Waals surface area contributed by atoms with E-state index in [-0.39, 0.29) is 6.54 Å². The SMILES string of the molecule is NC(=O)C(O)CNC(=O)c1cc2cccc(N)c2[nH]1. The number of nitrogens with two attached hydrogens (primary N) is 2. The van der Waals surface area contributed by atoms with Gasteiger partial charge in [0.1, 0.15) is 11.8 Å². The number of aliphatic hydroxyl groups excluding tert-OH is 1. The lowest BCUT2D eigenvalue weighted by Crippen LogP contribution is -2.40. The first-order chi connectivity index (χ1) is 8.99. The third kappa shape index (κ3) is 2.66. The second-order valence-corrected chi connectivity index (χ2v) is 4.12. The summed E-state index contributed by atoms with van der Waals surface area (Å²) in [5.74, 6) is -1.34. The smallest absolute Gasteiger partial charge is 0.267 e. The van der Waals surface area contributed by atoms with Crippen LogP contribution in [-0.4, -0.2) is 34.6 Å². The van der Waals surface area contributed by atoms with Crippen molar-refractivity contribution >= 4 is 28.4 Å². The van der Waals surface area contributed by atoms with Crippen LogP contribution in [0.4, 0.5) is 5.69 Å². The lowest BCUT2D eigenvalue weighted by molar-refractivity contribution is -0.125. The van der Waals surface area contributed by atoms with Crippen LogP contribution >= 0.6 is 0 Å².